The van der Waals surface area contributed by atoms with Crippen LogP contribution in [0.4, 0.5) is 0 Å². The summed E-state index contributed by atoms with van der Waals surface area (Å²) < 4.78 is 5.32. The van der Waals surface area contributed by atoms with E-state index in [9.17, 15) is 0 Å². The van der Waals surface area contributed by atoms with Crippen molar-refractivity contribution in [1.29, 1.82) is 0 Å². The van der Waals surface area contributed by atoms with E-state index in [-0.39, 0.29) is 5.54 Å². The van der Waals surface area contributed by atoms with Gasteiger partial charge in [0.15, 0.2) is 0 Å². The maximum absolute atomic E-state index is 5.32. The number of nitrogens with one attached hydrogen (secondary N) is 1. The number of methoxy groups -OCH3 is 1. The molecule has 0 amide bonds. The molecule has 0 saturated heterocycles. The van der Waals surface area contributed by atoms with Gasteiger partial charge in [0.05, 0.1) is 7.11 Å². The molecule has 2 heteroatoms. The highest BCUT2D eigenvalue weighted by Gasteiger charge is 2.15. The SMILES string of the molecule is CNC(C)(C)CCc1ccccc1OC. The summed E-state index contributed by atoms with van der Waals surface area (Å²) in [5.41, 5.74) is 1.46. The molecule has 0 spiro atoms. The van der Waals surface area contributed by atoms with Gasteiger partial charge in [-0.2, -0.15) is 0 Å². The minimum absolute atomic E-state index is 0.181. The molecule has 0 unspecified atom stereocenters. The van der Waals surface area contributed by atoms with Gasteiger partial charge in [-0.1, -0.05) is 18.2 Å². The Morgan fingerprint density at radius 2 is 1.93 bits per heavy atom. The number of para-hydroxylation sites is 1. The molecule has 1 N–H and O–H groups in total. The van der Waals surface area contributed by atoms with E-state index in [1.807, 2.05) is 19.2 Å². The van der Waals surface area contributed by atoms with E-state index in [1.54, 1.807) is 7.11 Å². The van der Waals surface area contributed by atoms with Crippen LogP contribution in [0.1, 0.15) is 25.8 Å². The lowest BCUT2D eigenvalue weighted by atomic mass is 9.95. The average Bonchev–Trinajstić information content (AvgIpc) is 2.27. The minimum atomic E-state index is 0.181. The lowest BCUT2D eigenvalue weighted by molar-refractivity contribution is 0.382. The fourth-order valence-corrected chi connectivity index (χ4v) is 1.48. The van der Waals surface area contributed by atoms with Gasteiger partial charge in [0.25, 0.3) is 0 Å². The Bertz CT molecular complexity index is 307. The van der Waals surface area contributed by atoms with E-state index < -0.39 is 0 Å². The minimum Gasteiger partial charge on any atom is -0.496 e. The molecule has 0 aliphatic rings. The fraction of sp³-hybridized carbons (Fsp3) is 0.538. The Labute approximate surface area is 92.6 Å². The molecule has 0 bridgehead atoms. The van der Waals surface area contributed by atoms with Crippen molar-refractivity contribution >= 4 is 0 Å². The lowest BCUT2D eigenvalue weighted by Gasteiger charge is -2.24. The maximum atomic E-state index is 5.32. The van der Waals surface area contributed by atoms with Crippen LogP contribution >= 0.6 is 0 Å². The average molecular weight is 207 g/mol. The Hall–Kier alpha value is -1.02. The number of ether oxygens (including phenoxy) is 1. The monoisotopic (exact) mass is 207 g/mol. The summed E-state index contributed by atoms with van der Waals surface area (Å²) in [6, 6.07) is 8.21. The van der Waals surface area contributed by atoms with E-state index in [2.05, 4.69) is 31.3 Å². The van der Waals surface area contributed by atoms with E-state index in [0.29, 0.717) is 0 Å². The smallest absolute Gasteiger partial charge is 0.122 e. The van der Waals surface area contributed by atoms with Crippen LogP contribution in [0.5, 0.6) is 5.75 Å². The predicted molar refractivity (Wildman–Crippen MR) is 64.5 cm³/mol. The molecule has 0 aliphatic carbocycles. The second-order valence-corrected chi connectivity index (χ2v) is 4.45. The van der Waals surface area contributed by atoms with Crippen molar-refractivity contribution < 1.29 is 4.74 Å². The number of rotatable bonds is 5. The highest BCUT2D eigenvalue weighted by Crippen LogP contribution is 2.21. The van der Waals surface area contributed by atoms with Gasteiger partial charge in [-0.25, -0.2) is 0 Å². The first-order chi connectivity index (χ1) is 7.09. The highest BCUT2D eigenvalue weighted by molar-refractivity contribution is 5.33. The van der Waals surface area contributed by atoms with Crippen molar-refractivity contribution in [3.05, 3.63) is 29.8 Å². The summed E-state index contributed by atoms with van der Waals surface area (Å²) in [6.45, 7) is 4.42. The molecule has 0 aliphatic heterocycles. The molecule has 0 radical (unpaired) electrons. The summed E-state index contributed by atoms with van der Waals surface area (Å²) in [5.74, 6) is 0.990. The molecule has 0 heterocycles. The van der Waals surface area contributed by atoms with Crippen molar-refractivity contribution in [2.75, 3.05) is 14.2 Å². The van der Waals surface area contributed by atoms with Gasteiger partial charge in [0.2, 0.25) is 0 Å². The summed E-state index contributed by atoms with van der Waals surface area (Å²) >= 11 is 0. The largest absolute Gasteiger partial charge is 0.496 e. The molecule has 0 fully saturated rings. The summed E-state index contributed by atoms with van der Waals surface area (Å²) in [4.78, 5) is 0. The van der Waals surface area contributed by atoms with Crippen molar-refractivity contribution in [2.24, 2.45) is 0 Å². The van der Waals surface area contributed by atoms with Crippen LogP contribution in [0, 0.1) is 0 Å². The van der Waals surface area contributed by atoms with Crippen molar-refractivity contribution in [1.82, 2.24) is 5.32 Å². The first-order valence-corrected chi connectivity index (χ1v) is 5.40. The zero-order valence-electron chi connectivity index (χ0n) is 10.1. The first-order valence-electron chi connectivity index (χ1n) is 5.40. The lowest BCUT2D eigenvalue weighted by Crippen LogP contribution is -2.36. The third kappa shape index (κ3) is 3.56. The second-order valence-electron chi connectivity index (χ2n) is 4.45. The van der Waals surface area contributed by atoms with Crippen LogP contribution in [0.15, 0.2) is 24.3 Å². The molecular formula is C13H21NO. The zero-order valence-corrected chi connectivity index (χ0v) is 10.1. The highest BCUT2D eigenvalue weighted by atomic mass is 16.5. The molecule has 0 aromatic heterocycles. The van der Waals surface area contributed by atoms with Crippen LogP contribution in [0.25, 0.3) is 0 Å². The molecular weight excluding hydrogens is 186 g/mol. The quantitative estimate of drug-likeness (QED) is 0.801. The number of hydrogen-bond donors (Lipinski definition) is 1. The van der Waals surface area contributed by atoms with E-state index in [1.165, 1.54) is 5.56 Å². The summed E-state index contributed by atoms with van der Waals surface area (Å²) in [5, 5.41) is 3.31. The van der Waals surface area contributed by atoms with Gasteiger partial charge >= 0.3 is 0 Å². The topological polar surface area (TPSA) is 21.3 Å². The third-order valence-corrected chi connectivity index (χ3v) is 2.89. The molecule has 1 aromatic carbocycles. The van der Waals surface area contributed by atoms with Crippen LogP contribution in [-0.2, 0) is 6.42 Å². The molecule has 1 aromatic rings. The molecule has 15 heavy (non-hydrogen) atoms. The molecule has 0 atom stereocenters. The predicted octanol–water partition coefficient (Wildman–Crippen LogP) is 2.63. The van der Waals surface area contributed by atoms with Gasteiger partial charge in [-0.05, 0) is 45.4 Å². The molecule has 1 rings (SSSR count). The number of hydrogen-bond acceptors (Lipinski definition) is 2. The van der Waals surface area contributed by atoms with E-state index >= 15 is 0 Å². The number of benzene rings is 1. The third-order valence-electron chi connectivity index (χ3n) is 2.89. The Morgan fingerprint density at radius 1 is 1.27 bits per heavy atom. The van der Waals surface area contributed by atoms with Crippen LogP contribution < -0.4 is 10.1 Å². The van der Waals surface area contributed by atoms with Gasteiger partial charge in [-0.3, -0.25) is 0 Å². The van der Waals surface area contributed by atoms with E-state index in [0.717, 1.165) is 18.6 Å². The Balaban J connectivity index is 2.65. The van der Waals surface area contributed by atoms with E-state index in [4.69, 9.17) is 4.74 Å². The summed E-state index contributed by atoms with van der Waals surface area (Å²) in [7, 11) is 3.73. The van der Waals surface area contributed by atoms with Crippen LogP contribution in [0.3, 0.4) is 0 Å². The van der Waals surface area contributed by atoms with Crippen LogP contribution in [0.2, 0.25) is 0 Å². The maximum Gasteiger partial charge on any atom is 0.122 e. The van der Waals surface area contributed by atoms with Crippen LogP contribution in [-0.4, -0.2) is 19.7 Å². The van der Waals surface area contributed by atoms with Crippen molar-refractivity contribution in [2.45, 2.75) is 32.2 Å². The second kappa shape index (κ2) is 5.17. The van der Waals surface area contributed by atoms with Gasteiger partial charge in [0.1, 0.15) is 5.75 Å². The fourth-order valence-electron chi connectivity index (χ4n) is 1.48. The standard InChI is InChI=1S/C13H21NO/c1-13(2,14-3)10-9-11-7-5-6-8-12(11)15-4/h5-8,14H,9-10H2,1-4H3. The Morgan fingerprint density at radius 3 is 2.53 bits per heavy atom. The Kier molecular flexibility index (Phi) is 4.15. The van der Waals surface area contributed by atoms with Crippen molar-refractivity contribution in [3.63, 3.8) is 0 Å². The molecule has 2 nitrogen and oxygen atoms in total. The number of aryl methyl sites for hydroxylation is 1. The van der Waals surface area contributed by atoms with Gasteiger partial charge in [-0.15, -0.1) is 0 Å². The van der Waals surface area contributed by atoms with Gasteiger partial charge in [0, 0.05) is 5.54 Å². The molecule has 84 valence electrons. The zero-order chi connectivity index (χ0) is 11.3. The summed E-state index contributed by atoms with van der Waals surface area (Å²) in [6.07, 6.45) is 2.14. The van der Waals surface area contributed by atoms with Crippen molar-refractivity contribution in [3.8, 4) is 5.75 Å². The normalized spacial score (nSPS) is 11.5. The van der Waals surface area contributed by atoms with Gasteiger partial charge < -0.3 is 10.1 Å². The first kappa shape index (κ1) is 12.1. The molecule has 0 saturated carbocycles.